The van der Waals surface area contributed by atoms with Crippen LogP contribution in [0.5, 0.6) is 0 Å². The summed E-state index contributed by atoms with van der Waals surface area (Å²) in [6.45, 7) is 3.70. The van der Waals surface area contributed by atoms with E-state index >= 15 is 0 Å². The molecule has 1 nitrogen and oxygen atoms in total. The van der Waals surface area contributed by atoms with Crippen molar-refractivity contribution in [2.45, 2.75) is 18.8 Å². The summed E-state index contributed by atoms with van der Waals surface area (Å²) in [4.78, 5) is 10.6. The molecule has 1 aromatic carbocycles. The van der Waals surface area contributed by atoms with Crippen molar-refractivity contribution in [3.8, 4) is 0 Å². The van der Waals surface area contributed by atoms with E-state index in [0.29, 0.717) is 0 Å². The third-order valence-electron chi connectivity index (χ3n) is 2.51. The fourth-order valence-electron chi connectivity index (χ4n) is 1.55. The molecule has 13 heavy (non-hydrogen) atoms. The lowest BCUT2D eigenvalue weighted by atomic mass is 10.0. The molecule has 0 N–H and O–H groups in total. The third kappa shape index (κ3) is 1.55. The molecule has 0 radical (unpaired) electrons. The average molecular weight is 172 g/mol. The van der Waals surface area contributed by atoms with Gasteiger partial charge in [-0.15, -0.1) is 0 Å². The van der Waals surface area contributed by atoms with Crippen LogP contribution in [0.4, 0.5) is 0 Å². The maximum Gasteiger partial charge on any atom is 0.150 e. The van der Waals surface area contributed by atoms with E-state index < -0.39 is 0 Å². The zero-order chi connectivity index (χ0) is 9.26. The van der Waals surface area contributed by atoms with Crippen molar-refractivity contribution in [1.82, 2.24) is 0 Å². The fourth-order valence-corrected chi connectivity index (χ4v) is 1.55. The number of hydrogen-bond donors (Lipinski definition) is 0. The molecule has 1 aliphatic carbocycles. The molecule has 0 amide bonds. The van der Waals surface area contributed by atoms with Crippen molar-refractivity contribution in [1.29, 1.82) is 0 Å². The van der Waals surface area contributed by atoms with Gasteiger partial charge in [0.25, 0.3) is 0 Å². The monoisotopic (exact) mass is 172 g/mol. The molecule has 1 aromatic rings. The molecule has 0 atom stereocenters. The quantitative estimate of drug-likeness (QED) is 0.640. The van der Waals surface area contributed by atoms with Gasteiger partial charge in [-0.25, -0.2) is 0 Å². The van der Waals surface area contributed by atoms with E-state index in [4.69, 9.17) is 0 Å². The SMILES string of the molecule is C=Cc1cc(C2CC2)ccc1C=O. The molecule has 0 spiro atoms. The molecule has 0 saturated heterocycles. The number of benzene rings is 1. The summed E-state index contributed by atoms with van der Waals surface area (Å²) < 4.78 is 0. The van der Waals surface area contributed by atoms with Crippen molar-refractivity contribution in [3.63, 3.8) is 0 Å². The highest BCUT2D eigenvalue weighted by molar-refractivity contribution is 5.81. The maximum atomic E-state index is 10.6. The van der Waals surface area contributed by atoms with Crippen molar-refractivity contribution in [2.24, 2.45) is 0 Å². The van der Waals surface area contributed by atoms with Gasteiger partial charge in [0.1, 0.15) is 0 Å². The highest BCUT2D eigenvalue weighted by Crippen LogP contribution is 2.40. The van der Waals surface area contributed by atoms with Crippen LogP contribution >= 0.6 is 0 Å². The minimum atomic E-state index is 0.736. The summed E-state index contributed by atoms with van der Waals surface area (Å²) in [6.07, 6.45) is 5.21. The highest BCUT2D eigenvalue weighted by atomic mass is 16.1. The first kappa shape index (κ1) is 8.24. The summed E-state index contributed by atoms with van der Waals surface area (Å²) in [6, 6.07) is 6.01. The topological polar surface area (TPSA) is 17.1 Å². The van der Waals surface area contributed by atoms with E-state index in [2.05, 4.69) is 18.7 Å². The minimum Gasteiger partial charge on any atom is -0.298 e. The lowest BCUT2D eigenvalue weighted by molar-refractivity contribution is 0.112. The second-order valence-corrected chi connectivity index (χ2v) is 3.48. The lowest BCUT2D eigenvalue weighted by Gasteiger charge is -2.02. The summed E-state index contributed by atoms with van der Waals surface area (Å²) in [5.74, 6) is 0.736. The molecule has 2 rings (SSSR count). The molecule has 0 bridgehead atoms. The Morgan fingerprint density at radius 2 is 2.08 bits per heavy atom. The summed E-state index contributed by atoms with van der Waals surface area (Å²) >= 11 is 0. The smallest absolute Gasteiger partial charge is 0.150 e. The number of carbonyl (C=O) groups is 1. The lowest BCUT2D eigenvalue weighted by Crippen LogP contribution is -1.88. The highest BCUT2D eigenvalue weighted by Gasteiger charge is 2.23. The maximum absolute atomic E-state index is 10.6. The van der Waals surface area contributed by atoms with Crippen LogP contribution in [0.1, 0.15) is 40.2 Å². The zero-order valence-corrected chi connectivity index (χ0v) is 7.49. The van der Waals surface area contributed by atoms with Crippen LogP contribution in [-0.2, 0) is 0 Å². The second-order valence-electron chi connectivity index (χ2n) is 3.48. The van der Waals surface area contributed by atoms with Crippen LogP contribution < -0.4 is 0 Å². The molecule has 0 heterocycles. The van der Waals surface area contributed by atoms with Crippen LogP contribution in [0.15, 0.2) is 24.8 Å². The van der Waals surface area contributed by atoms with Gasteiger partial charge < -0.3 is 0 Å². The van der Waals surface area contributed by atoms with Gasteiger partial charge in [0.2, 0.25) is 0 Å². The molecule has 0 unspecified atom stereocenters. The Kier molecular flexibility index (Phi) is 2.01. The van der Waals surface area contributed by atoms with Gasteiger partial charge in [0, 0.05) is 5.56 Å². The van der Waals surface area contributed by atoms with Gasteiger partial charge in [-0.1, -0.05) is 30.9 Å². The average Bonchev–Trinajstić information content (AvgIpc) is 3.00. The van der Waals surface area contributed by atoms with Gasteiger partial charge in [-0.05, 0) is 29.9 Å². The number of carbonyl (C=O) groups excluding carboxylic acids is 1. The van der Waals surface area contributed by atoms with Crippen molar-refractivity contribution in [2.75, 3.05) is 0 Å². The predicted octanol–water partition coefficient (Wildman–Crippen LogP) is 3.02. The number of rotatable bonds is 3. The summed E-state index contributed by atoms with van der Waals surface area (Å²) in [5.41, 5.74) is 3.04. The van der Waals surface area contributed by atoms with Crippen molar-refractivity contribution < 1.29 is 4.79 Å². The Morgan fingerprint density at radius 1 is 1.31 bits per heavy atom. The van der Waals surface area contributed by atoms with Crippen LogP contribution in [-0.4, -0.2) is 6.29 Å². The van der Waals surface area contributed by atoms with Gasteiger partial charge >= 0.3 is 0 Å². The Bertz CT molecular complexity index is 348. The fraction of sp³-hybridized carbons (Fsp3) is 0.250. The number of hydrogen-bond acceptors (Lipinski definition) is 1. The first-order valence-corrected chi connectivity index (χ1v) is 4.56. The summed E-state index contributed by atoms with van der Waals surface area (Å²) in [5, 5.41) is 0. The van der Waals surface area contributed by atoms with E-state index in [9.17, 15) is 4.79 Å². The van der Waals surface area contributed by atoms with E-state index in [1.165, 1.54) is 18.4 Å². The minimum absolute atomic E-state index is 0.736. The molecule has 0 aromatic heterocycles. The molecule has 1 aliphatic rings. The Balaban J connectivity index is 2.42. The van der Waals surface area contributed by atoms with E-state index in [-0.39, 0.29) is 0 Å². The second kappa shape index (κ2) is 3.17. The first-order chi connectivity index (χ1) is 6.35. The molecular formula is C12H12O. The van der Waals surface area contributed by atoms with Crippen molar-refractivity contribution in [3.05, 3.63) is 41.5 Å². The van der Waals surface area contributed by atoms with Gasteiger partial charge in [0.15, 0.2) is 6.29 Å². The normalized spacial score (nSPS) is 15.4. The summed E-state index contributed by atoms with van der Waals surface area (Å²) in [7, 11) is 0. The van der Waals surface area contributed by atoms with Crippen LogP contribution in [0, 0.1) is 0 Å². The van der Waals surface area contributed by atoms with E-state index in [1.54, 1.807) is 6.08 Å². The Labute approximate surface area is 78.1 Å². The largest absolute Gasteiger partial charge is 0.298 e. The standard InChI is InChI=1S/C12H12O/c1-2-9-7-11(10-3-4-10)5-6-12(9)8-13/h2,5-8,10H,1,3-4H2. The first-order valence-electron chi connectivity index (χ1n) is 4.56. The molecule has 1 saturated carbocycles. The van der Waals surface area contributed by atoms with E-state index in [1.807, 2.05) is 6.07 Å². The molecule has 0 aliphatic heterocycles. The Morgan fingerprint density at radius 3 is 2.62 bits per heavy atom. The number of aldehydes is 1. The Hall–Kier alpha value is -1.37. The molecule has 66 valence electrons. The van der Waals surface area contributed by atoms with E-state index in [0.717, 1.165) is 23.3 Å². The zero-order valence-electron chi connectivity index (χ0n) is 7.49. The molecule has 1 heteroatoms. The van der Waals surface area contributed by atoms with Crippen LogP contribution in [0.3, 0.4) is 0 Å². The predicted molar refractivity (Wildman–Crippen MR) is 53.9 cm³/mol. The van der Waals surface area contributed by atoms with Gasteiger partial charge in [-0.3, -0.25) is 4.79 Å². The van der Waals surface area contributed by atoms with Gasteiger partial charge in [-0.2, -0.15) is 0 Å². The van der Waals surface area contributed by atoms with Crippen LogP contribution in [0.25, 0.3) is 6.08 Å². The molecule has 1 fully saturated rings. The van der Waals surface area contributed by atoms with Crippen LogP contribution in [0.2, 0.25) is 0 Å². The van der Waals surface area contributed by atoms with Gasteiger partial charge in [0.05, 0.1) is 0 Å². The van der Waals surface area contributed by atoms with Crippen molar-refractivity contribution >= 4 is 12.4 Å². The third-order valence-corrected chi connectivity index (χ3v) is 2.51. The molecular weight excluding hydrogens is 160 g/mol.